The van der Waals surface area contributed by atoms with Crippen molar-refractivity contribution in [2.45, 2.75) is 45.6 Å². The topological polar surface area (TPSA) is 92.2 Å². The minimum atomic E-state index is -1.26. The van der Waals surface area contributed by atoms with Crippen LogP contribution in [0.5, 0.6) is 0 Å². The highest BCUT2D eigenvalue weighted by Gasteiger charge is 2.12. The molecule has 0 saturated heterocycles. The van der Waals surface area contributed by atoms with Crippen molar-refractivity contribution in [1.82, 2.24) is 9.55 Å². The lowest BCUT2D eigenvalue weighted by atomic mass is 10.1. The number of aromatic amines is 1. The first kappa shape index (κ1) is 14.2. The molecule has 6 nitrogen and oxygen atoms in total. The van der Waals surface area contributed by atoms with Crippen LogP contribution in [0.25, 0.3) is 0 Å². The van der Waals surface area contributed by atoms with Gasteiger partial charge in [0.25, 0.3) is 5.56 Å². The number of aromatic nitrogens is 2. The Morgan fingerprint density at radius 3 is 2.56 bits per heavy atom. The molecule has 0 aliphatic carbocycles. The van der Waals surface area contributed by atoms with Crippen LogP contribution in [0.1, 0.15) is 49.5 Å². The fourth-order valence-corrected chi connectivity index (χ4v) is 1.79. The van der Waals surface area contributed by atoms with Crippen molar-refractivity contribution in [2.24, 2.45) is 0 Å². The van der Waals surface area contributed by atoms with Crippen LogP contribution in [0.2, 0.25) is 0 Å². The Balaban J connectivity index is 2.78. The number of carbonyl (C=O) groups is 1. The summed E-state index contributed by atoms with van der Waals surface area (Å²) in [7, 11) is 0. The van der Waals surface area contributed by atoms with E-state index in [0.717, 1.165) is 42.7 Å². The summed E-state index contributed by atoms with van der Waals surface area (Å²) in [6, 6.07) is 0.940. The Morgan fingerprint density at radius 2 is 1.94 bits per heavy atom. The third-order valence-electron chi connectivity index (χ3n) is 2.74. The molecule has 0 saturated carbocycles. The Hall–Kier alpha value is -1.85. The summed E-state index contributed by atoms with van der Waals surface area (Å²) in [4.78, 5) is 35.6. The first-order valence-corrected chi connectivity index (χ1v) is 6.13. The second-order valence-corrected chi connectivity index (χ2v) is 4.19. The molecule has 0 spiro atoms. The van der Waals surface area contributed by atoms with Crippen LogP contribution in [0.3, 0.4) is 0 Å². The summed E-state index contributed by atoms with van der Waals surface area (Å²) >= 11 is 0. The molecule has 18 heavy (non-hydrogen) atoms. The normalized spacial score (nSPS) is 10.5. The van der Waals surface area contributed by atoms with E-state index in [9.17, 15) is 14.4 Å². The van der Waals surface area contributed by atoms with Gasteiger partial charge < -0.3 is 5.11 Å². The fraction of sp³-hybridized carbons (Fsp3) is 0.583. The van der Waals surface area contributed by atoms with Gasteiger partial charge in [0.1, 0.15) is 5.69 Å². The van der Waals surface area contributed by atoms with Gasteiger partial charge in [0.05, 0.1) is 0 Å². The van der Waals surface area contributed by atoms with E-state index in [0.29, 0.717) is 6.54 Å². The summed E-state index contributed by atoms with van der Waals surface area (Å²) in [5.41, 5.74) is -1.59. The van der Waals surface area contributed by atoms with Crippen molar-refractivity contribution >= 4 is 5.97 Å². The third kappa shape index (κ3) is 3.87. The maximum atomic E-state index is 11.5. The summed E-state index contributed by atoms with van der Waals surface area (Å²) in [6.45, 7) is 2.43. The number of unbranched alkanes of at least 4 members (excludes halogenated alkanes) is 4. The molecule has 0 aliphatic heterocycles. The molecule has 2 N–H and O–H groups in total. The minimum absolute atomic E-state index is 0.251. The van der Waals surface area contributed by atoms with E-state index in [-0.39, 0.29) is 5.69 Å². The van der Waals surface area contributed by atoms with E-state index in [4.69, 9.17) is 5.11 Å². The van der Waals surface area contributed by atoms with Gasteiger partial charge in [-0.25, -0.2) is 9.59 Å². The standard InChI is InChI=1S/C12H18N2O4/c1-2-3-4-5-6-7-14-9(11(16)17)8-10(15)13-12(14)18/h8H,2-7H2,1H3,(H,16,17)(H,13,15,18). The zero-order valence-corrected chi connectivity index (χ0v) is 10.4. The van der Waals surface area contributed by atoms with Crippen molar-refractivity contribution in [1.29, 1.82) is 0 Å². The van der Waals surface area contributed by atoms with E-state index in [1.807, 2.05) is 0 Å². The molecule has 0 radical (unpaired) electrons. The van der Waals surface area contributed by atoms with Gasteiger partial charge in [-0.15, -0.1) is 0 Å². The van der Waals surface area contributed by atoms with E-state index >= 15 is 0 Å². The lowest BCUT2D eigenvalue weighted by Gasteiger charge is -2.08. The Kier molecular flexibility index (Phi) is 5.35. The van der Waals surface area contributed by atoms with Gasteiger partial charge >= 0.3 is 11.7 Å². The molecular weight excluding hydrogens is 236 g/mol. The lowest BCUT2D eigenvalue weighted by molar-refractivity contribution is 0.0682. The maximum absolute atomic E-state index is 11.5. The van der Waals surface area contributed by atoms with Gasteiger partial charge in [0, 0.05) is 12.6 Å². The van der Waals surface area contributed by atoms with Crippen LogP contribution >= 0.6 is 0 Å². The first-order valence-electron chi connectivity index (χ1n) is 6.13. The molecule has 0 atom stereocenters. The molecule has 0 aliphatic rings. The SMILES string of the molecule is CCCCCCCn1c(C(=O)O)cc(=O)[nH]c1=O. The predicted octanol–water partition coefficient (Wildman–Crippen LogP) is 1.21. The summed E-state index contributed by atoms with van der Waals surface area (Å²) in [6.07, 6.45) is 4.99. The molecule has 1 rings (SSSR count). The summed E-state index contributed by atoms with van der Waals surface area (Å²) in [5.74, 6) is -1.26. The van der Waals surface area contributed by atoms with Crippen LogP contribution < -0.4 is 11.2 Å². The molecule has 100 valence electrons. The van der Waals surface area contributed by atoms with Crippen LogP contribution in [0.4, 0.5) is 0 Å². The Bertz CT molecular complexity index is 516. The third-order valence-corrected chi connectivity index (χ3v) is 2.74. The van der Waals surface area contributed by atoms with Gasteiger partial charge in [0.15, 0.2) is 0 Å². The second kappa shape index (κ2) is 6.78. The van der Waals surface area contributed by atoms with E-state index < -0.39 is 17.2 Å². The van der Waals surface area contributed by atoms with E-state index in [1.54, 1.807) is 0 Å². The molecule has 0 aromatic carbocycles. The molecule has 6 heteroatoms. The van der Waals surface area contributed by atoms with Crippen molar-refractivity contribution in [2.75, 3.05) is 0 Å². The largest absolute Gasteiger partial charge is 0.477 e. The fourth-order valence-electron chi connectivity index (χ4n) is 1.79. The number of H-pyrrole nitrogens is 1. The molecule has 0 fully saturated rings. The Morgan fingerprint density at radius 1 is 1.28 bits per heavy atom. The molecule has 0 unspecified atom stereocenters. The highest BCUT2D eigenvalue weighted by atomic mass is 16.4. The van der Waals surface area contributed by atoms with Gasteiger partial charge in [-0.2, -0.15) is 0 Å². The van der Waals surface area contributed by atoms with Gasteiger partial charge in [-0.05, 0) is 6.42 Å². The smallest absolute Gasteiger partial charge is 0.352 e. The molecule has 1 aromatic heterocycles. The lowest BCUT2D eigenvalue weighted by Crippen LogP contribution is -2.33. The van der Waals surface area contributed by atoms with Gasteiger partial charge in [-0.3, -0.25) is 14.3 Å². The molecule has 1 heterocycles. The molecule has 1 aromatic rings. The monoisotopic (exact) mass is 254 g/mol. The van der Waals surface area contributed by atoms with Gasteiger partial charge in [-0.1, -0.05) is 32.6 Å². The molecule has 0 bridgehead atoms. The number of carboxylic acids is 1. The second-order valence-electron chi connectivity index (χ2n) is 4.19. The zero-order chi connectivity index (χ0) is 13.5. The van der Waals surface area contributed by atoms with Crippen LogP contribution in [-0.4, -0.2) is 20.6 Å². The Labute approximate surface area is 104 Å². The quantitative estimate of drug-likeness (QED) is 0.715. The summed E-state index contributed by atoms with van der Waals surface area (Å²) < 4.78 is 1.11. The van der Waals surface area contributed by atoms with Crippen molar-refractivity contribution < 1.29 is 9.90 Å². The minimum Gasteiger partial charge on any atom is -0.477 e. The zero-order valence-electron chi connectivity index (χ0n) is 10.4. The number of rotatable bonds is 7. The van der Waals surface area contributed by atoms with E-state index in [1.165, 1.54) is 0 Å². The summed E-state index contributed by atoms with van der Waals surface area (Å²) in [5, 5.41) is 8.94. The molecule has 0 amide bonds. The molecular formula is C12H18N2O4. The number of aromatic carboxylic acids is 1. The van der Waals surface area contributed by atoms with Crippen LogP contribution in [-0.2, 0) is 6.54 Å². The average molecular weight is 254 g/mol. The number of hydrogen-bond donors (Lipinski definition) is 2. The van der Waals surface area contributed by atoms with Crippen molar-refractivity contribution in [3.63, 3.8) is 0 Å². The number of carboxylic acid groups (broad SMARTS) is 1. The number of nitrogens with one attached hydrogen (secondary N) is 1. The van der Waals surface area contributed by atoms with Crippen LogP contribution in [0.15, 0.2) is 15.7 Å². The van der Waals surface area contributed by atoms with E-state index in [2.05, 4.69) is 11.9 Å². The number of nitrogens with zero attached hydrogens (tertiary/aromatic N) is 1. The highest BCUT2D eigenvalue weighted by molar-refractivity contribution is 5.85. The van der Waals surface area contributed by atoms with Crippen LogP contribution in [0, 0.1) is 0 Å². The first-order chi connectivity index (χ1) is 8.56. The number of hydrogen-bond acceptors (Lipinski definition) is 3. The maximum Gasteiger partial charge on any atom is 0.352 e. The van der Waals surface area contributed by atoms with Gasteiger partial charge in [0.2, 0.25) is 0 Å². The van der Waals surface area contributed by atoms with Crippen molar-refractivity contribution in [3.8, 4) is 0 Å². The predicted molar refractivity (Wildman–Crippen MR) is 67.0 cm³/mol. The van der Waals surface area contributed by atoms with Crippen molar-refractivity contribution in [3.05, 3.63) is 32.6 Å². The average Bonchev–Trinajstić information content (AvgIpc) is 2.30. The highest BCUT2D eigenvalue weighted by Crippen LogP contribution is 2.04.